The van der Waals surface area contributed by atoms with Crippen molar-refractivity contribution >= 4 is 28.1 Å². The minimum Gasteiger partial charge on any atom is -0.302 e. The molecule has 1 aromatic carbocycles. The van der Waals surface area contributed by atoms with E-state index in [4.69, 9.17) is 0 Å². The minimum atomic E-state index is -0.430. The fourth-order valence-electron chi connectivity index (χ4n) is 3.03. The van der Waals surface area contributed by atoms with Crippen LogP contribution >= 0.6 is 11.3 Å². The second kappa shape index (κ2) is 7.53. The summed E-state index contributed by atoms with van der Waals surface area (Å²) in [6, 6.07) is 6.24. The molecular formula is C17H19N3O3S. The summed E-state index contributed by atoms with van der Waals surface area (Å²) in [5.41, 5.74) is 1.55. The smallest absolute Gasteiger partial charge is 0.269 e. The van der Waals surface area contributed by atoms with Gasteiger partial charge in [-0.25, -0.2) is 4.98 Å². The van der Waals surface area contributed by atoms with Crippen LogP contribution in [0.2, 0.25) is 0 Å². The fraction of sp³-hybridized carbons (Fsp3) is 0.412. The summed E-state index contributed by atoms with van der Waals surface area (Å²) in [4.78, 5) is 26.7. The number of carbonyl (C=O) groups excluding carboxylic acids is 1. The Morgan fingerprint density at radius 1 is 1.29 bits per heavy atom. The van der Waals surface area contributed by atoms with Gasteiger partial charge in [0.1, 0.15) is 0 Å². The van der Waals surface area contributed by atoms with Crippen LogP contribution in [0.1, 0.15) is 38.5 Å². The summed E-state index contributed by atoms with van der Waals surface area (Å²) in [5, 5.41) is 15.9. The Labute approximate surface area is 144 Å². The summed E-state index contributed by atoms with van der Waals surface area (Å²) in [7, 11) is 0. The maximum absolute atomic E-state index is 12.0. The van der Waals surface area contributed by atoms with Gasteiger partial charge in [-0.05, 0) is 24.5 Å². The number of nitrogens with zero attached hydrogens (tertiary/aromatic N) is 2. The van der Waals surface area contributed by atoms with E-state index in [2.05, 4.69) is 10.3 Å². The van der Waals surface area contributed by atoms with E-state index in [0.717, 1.165) is 12.0 Å². The van der Waals surface area contributed by atoms with E-state index < -0.39 is 4.92 Å². The van der Waals surface area contributed by atoms with E-state index >= 15 is 0 Å². The molecule has 1 fully saturated rings. The van der Waals surface area contributed by atoms with E-state index in [1.54, 1.807) is 12.1 Å². The fourth-order valence-corrected chi connectivity index (χ4v) is 3.77. The molecule has 3 rings (SSSR count). The number of anilines is 1. The van der Waals surface area contributed by atoms with E-state index in [1.807, 2.05) is 5.38 Å². The quantitative estimate of drug-likeness (QED) is 0.611. The predicted octanol–water partition coefficient (Wildman–Crippen LogP) is 4.63. The molecule has 1 N–H and O–H groups in total. The maximum atomic E-state index is 12.0. The minimum absolute atomic E-state index is 0.00602. The first-order valence-electron chi connectivity index (χ1n) is 8.12. The molecular weight excluding hydrogens is 326 g/mol. The summed E-state index contributed by atoms with van der Waals surface area (Å²) in [6.07, 6.45) is 6.56. The third-order valence-corrected chi connectivity index (χ3v) is 5.14. The molecule has 1 amide bonds. The molecule has 2 aromatic rings. The molecule has 0 spiro atoms. The number of hydrogen-bond donors (Lipinski definition) is 1. The highest BCUT2D eigenvalue weighted by Gasteiger charge is 2.16. The number of hydrogen-bond acceptors (Lipinski definition) is 5. The monoisotopic (exact) mass is 345 g/mol. The molecule has 6 nitrogen and oxygen atoms in total. The van der Waals surface area contributed by atoms with E-state index in [9.17, 15) is 14.9 Å². The average Bonchev–Trinajstić information content (AvgIpc) is 3.25. The number of benzene rings is 1. The summed E-state index contributed by atoms with van der Waals surface area (Å²) >= 11 is 1.36. The van der Waals surface area contributed by atoms with Crippen LogP contribution in [-0.2, 0) is 4.79 Å². The number of nitrogens with one attached hydrogen (secondary N) is 1. The molecule has 0 atom stereocenters. The van der Waals surface area contributed by atoms with Gasteiger partial charge in [0.25, 0.3) is 5.69 Å². The molecule has 1 heterocycles. The number of nitro groups is 1. The zero-order chi connectivity index (χ0) is 16.9. The lowest BCUT2D eigenvalue weighted by Gasteiger charge is -2.07. The number of rotatable bonds is 6. The topological polar surface area (TPSA) is 85.1 Å². The summed E-state index contributed by atoms with van der Waals surface area (Å²) in [6.45, 7) is 0. The van der Waals surface area contributed by atoms with E-state index in [-0.39, 0.29) is 11.6 Å². The maximum Gasteiger partial charge on any atom is 0.269 e. The zero-order valence-corrected chi connectivity index (χ0v) is 14.1. The van der Waals surface area contributed by atoms with Crippen molar-refractivity contribution in [2.45, 2.75) is 38.5 Å². The van der Waals surface area contributed by atoms with Crippen LogP contribution in [0.25, 0.3) is 11.3 Å². The molecule has 126 valence electrons. The number of amides is 1. The number of carbonyl (C=O) groups is 1. The number of thiazole rings is 1. The van der Waals surface area contributed by atoms with Crippen LogP contribution in [0.4, 0.5) is 10.8 Å². The Morgan fingerprint density at radius 2 is 2.00 bits per heavy atom. The first-order chi connectivity index (χ1) is 11.6. The van der Waals surface area contributed by atoms with Crippen molar-refractivity contribution in [3.63, 3.8) is 0 Å². The van der Waals surface area contributed by atoms with Crippen LogP contribution in [0.5, 0.6) is 0 Å². The molecule has 0 aliphatic heterocycles. The van der Waals surface area contributed by atoms with Crippen LogP contribution in [0.3, 0.4) is 0 Å². The van der Waals surface area contributed by atoms with Crippen molar-refractivity contribution in [3.05, 3.63) is 39.8 Å². The Kier molecular flexibility index (Phi) is 5.20. The average molecular weight is 345 g/mol. The van der Waals surface area contributed by atoms with Gasteiger partial charge < -0.3 is 5.32 Å². The van der Waals surface area contributed by atoms with Crippen molar-refractivity contribution < 1.29 is 9.72 Å². The van der Waals surface area contributed by atoms with Gasteiger partial charge >= 0.3 is 0 Å². The van der Waals surface area contributed by atoms with Crippen LogP contribution in [0, 0.1) is 16.0 Å². The molecule has 0 radical (unpaired) electrons. The normalized spacial score (nSPS) is 14.7. The van der Waals surface area contributed by atoms with Gasteiger partial charge in [-0.3, -0.25) is 14.9 Å². The number of aromatic nitrogens is 1. The highest BCUT2D eigenvalue weighted by atomic mass is 32.1. The first kappa shape index (κ1) is 16.6. The predicted molar refractivity (Wildman–Crippen MR) is 94.0 cm³/mol. The van der Waals surface area contributed by atoms with Gasteiger partial charge in [-0.15, -0.1) is 11.3 Å². The van der Waals surface area contributed by atoms with Gasteiger partial charge in [0.2, 0.25) is 5.91 Å². The first-order valence-corrected chi connectivity index (χ1v) is 9.00. The Hall–Kier alpha value is -2.28. The van der Waals surface area contributed by atoms with Gasteiger partial charge in [-0.2, -0.15) is 0 Å². The Morgan fingerprint density at radius 3 is 2.67 bits per heavy atom. The van der Waals surface area contributed by atoms with Crippen LogP contribution in [0.15, 0.2) is 29.6 Å². The Balaban J connectivity index is 1.56. The largest absolute Gasteiger partial charge is 0.302 e. The van der Waals surface area contributed by atoms with Crippen LogP contribution < -0.4 is 5.32 Å². The second-order valence-corrected chi connectivity index (χ2v) is 6.94. The van der Waals surface area contributed by atoms with Gasteiger partial charge in [0, 0.05) is 29.5 Å². The lowest BCUT2D eigenvalue weighted by Crippen LogP contribution is -2.12. The molecule has 0 saturated heterocycles. The van der Waals surface area contributed by atoms with Crippen molar-refractivity contribution in [3.8, 4) is 11.3 Å². The summed E-state index contributed by atoms with van der Waals surface area (Å²) < 4.78 is 0. The van der Waals surface area contributed by atoms with Gasteiger partial charge in [-0.1, -0.05) is 25.7 Å². The lowest BCUT2D eigenvalue weighted by molar-refractivity contribution is -0.384. The van der Waals surface area contributed by atoms with Crippen molar-refractivity contribution in [1.82, 2.24) is 4.98 Å². The molecule has 1 saturated carbocycles. The van der Waals surface area contributed by atoms with E-state index in [0.29, 0.717) is 23.2 Å². The second-order valence-electron chi connectivity index (χ2n) is 6.08. The Bertz CT molecular complexity index is 721. The third kappa shape index (κ3) is 4.17. The molecule has 0 bridgehead atoms. The number of nitro benzene ring substituents is 1. The highest BCUT2D eigenvalue weighted by molar-refractivity contribution is 7.14. The van der Waals surface area contributed by atoms with Crippen molar-refractivity contribution in [2.75, 3.05) is 5.32 Å². The van der Waals surface area contributed by atoms with Crippen molar-refractivity contribution in [2.24, 2.45) is 5.92 Å². The molecule has 7 heteroatoms. The third-order valence-electron chi connectivity index (χ3n) is 4.38. The zero-order valence-electron chi connectivity index (χ0n) is 13.2. The van der Waals surface area contributed by atoms with Crippen molar-refractivity contribution in [1.29, 1.82) is 0 Å². The van der Waals surface area contributed by atoms with Crippen LogP contribution in [-0.4, -0.2) is 15.8 Å². The van der Waals surface area contributed by atoms with E-state index in [1.165, 1.54) is 49.2 Å². The molecule has 1 aliphatic carbocycles. The summed E-state index contributed by atoms with van der Waals surface area (Å²) in [5.74, 6) is 0.703. The molecule has 1 aliphatic rings. The molecule has 0 unspecified atom stereocenters. The highest BCUT2D eigenvalue weighted by Crippen LogP contribution is 2.29. The standard InChI is InChI=1S/C17H19N3O3S/c21-16(10-5-12-3-1-2-4-12)19-17-18-15(11-24-17)13-6-8-14(9-7-13)20(22)23/h6-9,11-12H,1-5,10H2,(H,18,19,21). The van der Waals surface area contributed by atoms with Gasteiger partial charge in [0.15, 0.2) is 5.13 Å². The molecule has 1 aromatic heterocycles. The van der Waals surface area contributed by atoms with Gasteiger partial charge in [0.05, 0.1) is 10.6 Å². The SMILES string of the molecule is O=C(CCC1CCCC1)Nc1nc(-c2ccc([N+](=O)[O-])cc2)cs1. The lowest BCUT2D eigenvalue weighted by atomic mass is 10.0. The molecule has 24 heavy (non-hydrogen) atoms. The number of non-ortho nitro benzene ring substituents is 1.